The van der Waals surface area contributed by atoms with Gasteiger partial charge in [-0.1, -0.05) is 339 Å². The summed E-state index contributed by atoms with van der Waals surface area (Å²) >= 11 is 0. The first-order valence-electron chi connectivity index (χ1n) is 36.5. The second-order valence-electron chi connectivity index (χ2n) is 30.6. The normalized spacial score (nSPS) is 14.0. The maximum Gasteiger partial charge on any atom is 0.0159 e. The van der Waals surface area contributed by atoms with Crippen LogP contribution in [0, 0.1) is 0 Å². The van der Waals surface area contributed by atoms with Crippen molar-refractivity contribution in [3.8, 4) is 100 Å². The van der Waals surface area contributed by atoms with Crippen LogP contribution in [0.4, 0.5) is 0 Å². The SMILES string of the molecule is CC1(C)c2ccccc2-c2ccc(-c3ccc4c(-c5ccc6c(c5)C(C)(C)c5ccccc5-6)c5ccccc5c(-c5ccc6c(c5)C(C)(C)c5ccccc5-6)c4c3)cc21.c1ccc(-c2c3ccccc3c(-c3ccc4c(ccc5ccccc54)c3)c3ccc(-c4ccc5ccccc5c4)cc23)cc1. The summed E-state index contributed by atoms with van der Waals surface area (Å²) in [5.41, 5.74) is 31.5. The lowest BCUT2D eigenvalue weighted by Gasteiger charge is -2.24. The molecule has 3 aliphatic rings. The molecular formula is C103H74. The van der Waals surface area contributed by atoms with Crippen LogP contribution < -0.4 is 0 Å². The molecule has 0 radical (unpaired) electrons. The number of hydrogen-bond donors (Lipinski definition) is 0. The van der Waals surface area contributed by atoms with Gasteiger partial charge < -0.3 is 0 Å². The second kappa shape index (κ2) is 22.9. The van der Waals surface area contributed by atoms with E-state index in [-0.39, 0.29) is 16.2 Å². The average molecular weight is 1310 g/mol. The zero-order chi connectivity index (χ0) is 69.0. The Labute approximate surface area is 602 Å². The molecule has 21 rings (SSSR count). The minimum Gasteiger partial charge on any atom is -0.0622 e. The molecule has 18 aromatic carbocycles. The highest BCUT2D eigenvalue weighted by Crippen LogP contribution is 2.56. The third-order valence-corrected chi connectivity index (χ3v) is 23.9. The number of rotatable bonds is 6. The minimum absolute atomic E-state index is 0.0664. The van der Waals surface area contributed by atoms with Gasteiger partial charge in [0.15, 0.2) is 0 Å². The fourth-order valence-corrected chi connectivity index (χ4v) is 18.7. The highest BCUT2D eigenvalue weighted by atomic mass is 14.4. The smallest absolute Gasteiger partial charge is 0.0159 e. The molecule has 0 atom stereocenters. The Kier molecular flexibility index (Phi) is 13.5. The Morgan fingerprint density at radius 3 is 0.942 bits per heavy atom. The zero-order valence-electron chi connectivity index (χ0n) is 58.8. The summed E-state index contributed by atoms with van der Waals surface area (Å²) in [6.07, 6.45) is 0. The molecule has 0 aromatic heterocycles. The van der Waals surface area contributed by atoms with Gasteiger partial charge in [-0.05, 0) is 251 Å². The van der Waals surface area contributed by atoms with Gasteiger partial charge >= 0.3 is 0 Å². The van der Waals surface area contributed by atoms with Crippen LogP contribution >= 0.6 is 0 Å². The van der Waals surface area contributed by atoms with E-state index in [1.54, 1.807) is 0 Å². The highest BCUT2D eigenvalue weighted by molar-refractivity contribution is 6.24. The van der Waals surface area contributed by atoms with Gasteiger partial charge in [-0.25, -0.2) is 0 Å². The van der Waals surface area contributed by atoms with Crippen molar-refractivity contribution in [2.45, 2.75) is 57.8 Å². The Hall–Kier alpha value is -12.2. The number of hydrogen-bond acceptors (Lipinski definition) is 0. The minimum atomic E-state index is -0.0950. The van der Waals surface area contributed by atoms with Crippen LogP contribution in [0.15, 0.2) is 340 Å². The lowest BCUT2D eigenvalue weighted by atomic mass is 9.79. The fraction of sp³-hybridized carbons (Fsp3) is 0.0874. The van der Waals surface area contributed by atoms with Gasteiger partial charge in [-0.2, -0.15) is 0 Å². The molecule has 0 unspecified atom stereocenters. The van der Waals surface area contributed by atoms with Crippen molar-refractivity contribution in [3.05, 3.63) is 373 Å². The van der Waals surface area contributed by atoms with E-state index in [1.165, 1.54) is 209 Å². The Bertz CT molecular complexity index is 6630. The zero-order valence-corrected chi connectivity index (χ0v) is 58.8. The molecule has 18 aromatic rings. The summed E-state index contributed by atoms with van der Waals surface area (Å²) in [6.45, 7) is 14.3. The Morgan fingerprint density at radius 2 is 0.427 bits per heavy atom. The molecule has 0 aliphatic heterocycles. The fourth-order valence-electron chi connectivity index (χ4n) is 18.7. The van der Waals surface area contributed by atoms with Crippen LogP contribution in [0.1, 0.15) is 74.9 Å². The van der Waals surface area contributed by atoms with Gasteiger partial charge in [0.05, 0.1) is 0 Å². The van der Waals surface area contributed by atoms with E-state index in [2.05, 4.69) is 381 Å². The summed E-state index contributed by atoms with van der Waals surface area (Å²) < 4.78 is 0. The van der Waals surface area contributed by atoms with E-state index < -0.39 is 0 Å². The Balaban J connectivity index is 0.000000144. The molecule has 0 saturated carbocycles. The van der Waals surface area contributed by atoms with Crippen molar-refractivity contribution in [2.24, 2.45) is 0 Å². The first-order chi connectivity index (χ1) is 50.3. The van der Waals surface area contributed by atoms with Gasteiger partial charge in [0.2, 0.25) is 0 Å². The van der Waals surface area contributed by atoms with Crippen LogP contribution in [0.2, 0.25) is 0 Å². The largest absolute Gasteiger partial charge is 0.0622 e. The van der Waals surface area contributed by atoms with Crippen LogP contribution in [-0.4, -0.2) is 0 Å². The van der Waals surface area contributed by atoms with Gasteiger partial charge in [-0.3, -0.25) is 0 Å². The molecule has 486 valence electrons. The van der Waals surface area contributed by atoms with Gasteiger partial charge in [0.25, 0.3) is 0 Å². The third-order valence-electron chi connectivity index (χ3n) is 23.9. The summed E-state index contributed by atoms with van der Waals surface area (Å²) in [6, 6.07) is 127. The van der Waals surface area contributed by atoms with Crippen molar-refractivity contribution >= 4 is 75.4 Å². The predicted molar refractivity (Wildman–Crippen MR) is 441 cm³/mol. The van der Waals surface area contributed by atoms with Crippen molar-refractivity contribution in [1.29, 1.82) is 0 Å². The first kappa shape index (κ1) is 60.7. The molecule has 0 amide bonds. The van der Waals surface area contributed by atoms with E-state index >= 15 is 0 Å². The number of benzene rings is 18. The molecule has 0 bridgehead atoms. The van der Waals surface area contributed by atoms with E-state index in [0.717, 1.165) is 0 Å². The van der Waals surface area contributed by atoms with Gasteiger partial charge in [-0.15, -0.1) is 0 Å². The molecular weight excluding hydrogens is 1240 g/mol. The molecule has 3 aliphatic carbocycles. The van der Waals surface area contributed by atoms with E-state index in [9.17, 15) is 0 Å². The van der Waals surface area contributed by atoms with Gasteiger partial charge in [0.1, 0.15) is 0 Å². The van der Waals surface area contributed by atoms with Crippen molar-refractivity contribution in [2.75, 3.05) is 0 Å². The molecule has 0 N–H and O–H groups in total. The quantitative estimate of drug-likeness (QED) is 0.115. The summed E-state index contributed by atoms with van der Waals surface area (Å²) in [7, 11) is 0. The van der Waals surface area contributed by atoms with E-state index in [1.807, 2.05) is 0 Å². The van der Waals surface area contributed by atoms with Gasteiger partial charge in [0, 0.05) is 16.2 Å². The maximum absolute atomic E-state index is 2.51. The molecule has 0 spiro atoms. The van der Waals surface area contributed by atoms with Crippen LogP contribution in [0.3, 0.4) is 0 Å². The molecule has 0 heteroatoms. The van der Waals surface area contributed by atoms with Crippen molar-refractivity contribution in [1.82, 2.24) is 0 Å². The van der Waals surface area contributed by atoms with Crippen molar-refractivity contribution < 1.29 is 0 Å². The third kappa shape index (κ3) is 9.30. The Morgan fingerprint density at radius 1 is 0.146 bits per heavy atom. The summed E-state index contributed by atoms with van der Waals surface area (Å²) in [4.78, 5) is 0. The highest BCUT2D eigenvalue weighted by Gasteiger charge is 2.39. The first-order valence-corrected chi connectivity index (χ1v) is 36.5. The van der Waals surface area contributed by atoms with E-state index in [4.69, 9.17) is 0 Å². The summed E-state index contributed by atoms with van der Waals surface area (Å²) in [5.74, 6) is 0. The van der Waals surface area contributed by atoms with E-state index in [0.29, 0.717) is 0 Å². The average Bonchev–Trinajstić information content (AvgIpc) is 1.71. The molecule has 0 heterocycles. The lowest BCUT2D eigenvalue weighted by molar-refractivity contribution is 0.660. The summed E-state index contributed by atoms with van der Waals surface area (Å²) in [5, 5.41) is 17.9. The van der Waals surface area contributed by atoms with Crippen LogP contribution in [0.25, 0.3) is 176 Å². The maximum atomic E-state index is 2.51. The predicted octanol–water partition coefficient (Wildman–Crippen LogP) is 28.4. The topological polar surface area (TPSA) is 0 Å². The van der Waals surface area contributed by atoms with Crippen molar-refractivity contribution in [3.63, 3.8) is 0 Å². The second-order valence-corrected chi connectivity index (χ2v) is 30.6. The monoisotopic (exact) mass is 1310 g/mol. The molecule has 0 nitrogen and oxygen atoms in total. The molecule has 103 heavy (non-hydrogen) atoms. The molecule has 0 fully saturated rings. The van der Waals surface area contributed by atoms with Crippen LogP contribution in [-0.2, 0) is 16.2 Å². The number of fused-ring (bicyclic) bond motifs is 17. The molecule has 0 saturated heterocycles. The van der Waals surface area contributed by atoms with Crippen LogP contribution in [0.5, 0.6) is 0 Å². The lowest BCUT2D eigenvalue weighted by Crippen LogP contribution is -2.15. The standard InChI is InChI=1S/C59H46.C44H28/c1-57(2)49-20-12-9-15-39(49)42-27-23-36(32-52(42)57)35-24-30-47-48(31-35)56(38-26-29-44-41-17-11-14-22-51(41)59(5,6)54(44)34-38)46-19-8-7-18-45(46)55(47)37-25-28-43-40-16-10-13-21-50(40)58(3,4)53(43)33-37;1-2-12-31(13-3-1)43-39-16-8-9-17-40(39)44(36-23-24-38-35(27-36)21-19-30-11-6-7-15-37(30)38)41-25-22-34(28-42(41)43)33-20-18-29-10-4-5-14-32(29)26-33/h7-34H,1-6H3;1-28H.